The number of hydrogen-bond donors (Lipinski definition) is 0. The van der Waals surface area contributed by atoms with Crippen molar-refractivity contribution >= 4 is 11.3 Å². The molecule has 0 saturated heterocycles. The molecule has 0 aliphatic carbocycles. The van der Waals surface area contributed by atoms with E-state index in [-0.39, 0.29) is 0 Å². The van der Waals surface area contributed by atoms with Crippen molar-refractivity contribution in [3.8, 4) is 0 Å². The summed E-state index contributed by atoms with van der Waals surface area (Å²) >= 11 is 1.94. The second kappa shape index (κ2) is 3.21. The van der Waals surface area contributed by atoms with Crippen molar-refractivity contribution in [2.24, 2.45) is 5.41 Å². The van der Waals surface area contributed by atoms with Crippen LogP contribution in [0.4, 0.5) is 0 Å². The van der Waals surface area contributed by atoms with Crippen LogP contribution in [0.15, 0.2) is 6.07 Å². The summed E-state index contributed by atoms with van der Waals surface area (Å²) in [5.41, 5.74) is 1.86. The first kappa shape index (κ1) is 9.79. The third-order valence-electron chi connectivity index (χ3n) is 1.92. The lowest BCUT2D eigenvalue weighted by Crippen LogP contribution is -2.07. The predicted molar refractivity (Wildman–Crippen MR) is 57.0 cm³/mol. The summed E-state index contributed by atoms with van der Waals surface area (Å²) in [6, 6.07) is 2.32. The number of hydrogen-bond acceptors (Lipinski definition) is 1. The van der Waals surface area contributed by atoms with Crippen LogP contribution in [0.25, 0.3) is 0 Å². The summed E-state index contributed by atoms with van der Waals surface area (Å²) in [7, 11) is 0. The Bertz CT molecular complexity index is 244. The van der Waals surface area contributed by atoms with Gasteiger partial charge in [0.1, 0.15) is 0 Å². The lowest BCUT2D eigenvalue weighted by Gasteiger charge is -2.16. The van der Waals surface area contributed by atoms with Gasteiger partial charge >= 0.3 is 0 Å². The Labute approximate surface area is 79.6 Å². The molecule has 12 heavy (non-hydrogen) atoms. The van der Waals surface area contributed by atoms with E-state index in [2.05, 4.69) is 40.7 Å². The zero-order valence-electron chi connectivity index (χ0n) is 8.69. The first-order chi connectivity index (χ1) is 5.38. The summed E-state index contributed by atoms with van der Waals surface area (Å²) in [5.74, 6) is 0. The smallest absolute Gasteiger partial charge is 0.00560 e. The lowest BCUT2D eigenvalue weighted by molar-refractivity contribution is 0.414. The first-order valence-corrected chi connectivity index (χ1v) is 5.26. The predicted octanol–water partition coefficient (Wildman–Crippen LogP) is 3.95. The highest BCUT2D eigenvalue weighted by Crippen LogP contribution is 2.27. The molecule has 1 heterocycles. The first-order valence-electron chi connectivity index (χ1n) is 4.44. The number of rotatable bonds is 1. The van der Waals surface area contributed by atoms with E-state index in [0.29, 0.717) is 5.41 Å². The SMILES string of the molecule is Cc1cc(CC(C)(C)C)sc1C. The second-order valence-electron chi connectivity index (χ2n) is 4.69. The maximum atomic E-state index is 2.32. The highest BCUT2D eigenvalue weighted by atomic mass is 32.1. The van der Waals surface area contributed by atoms with Gasteiger partial charge < -0.3 is 0 Å². The zero-order chi connectivity index (χ0) is 9.35. The summed E-state index contributed by atoms with van der Waals surface area (Å²) in [5, 5.41) is 0. The van der Waals surface area contributed by atoms with Gasteiger partial charge in [0.05, 0.1) is 0 Å². The molecule has 0 nitrogen and oxygen atoms in total. The fourth-order valence-corrected chi connectivity index (χ4v) is 2.61. The number of thiophene rings is 1. The molecular weight excluding hydrogens is 164 g/mol. The van der Waals surface area contributed by atoms with Crippen molar-refractivity contribution in [3.05, 3.63) is 21.4 Å². The molecule has 0 amide bonds. The van der Waals surface area contributed by atoms with Gasteiger partial charge in [-0.2, -0.15) is 0 Å². The summed E-state index contributed by atoms with van der Waals surface area (Å²) in [6.45, 7) is 11.3. The van der Waals surface area contributed by atoms with Crippen molar-refractivity contribution < 1.29 is 0 Å². The third kappa shape index (κ3) is 2.63. The van der Waals surface area contributed by atoms with Gasteiger partial charge in [-0.1, -0.05) is 20.8 Å². The van der Waals surface area contributed by atoms with Gasteiger partial charge in [0, 0.05) is 9.75 Å². The topological polar surface area (TPSA) is 0 Å². The maximum absolute atomic E-state index is 2.32. The van der Waals surface area contributed by atoms with Crippen LogP contribution >= 0.6 is 11.3 Å². The van der Waals surface area contributed by atoms with Crippen LogP contribution in [0.3, 0.4) is 0 Å². The van der Waals surface area contributed by atoms with Crippen molar-refractivity contribution in [1.29, 1.82) is 0 Å². The van der Waals surface area contributed by atoms with Crippen LogP contribution in [0.2, 0.25) is 0 Å². The molecule has 0 aliphatic rings. The van der Waals surface area contributed by atoms with E-state index in [0.717, 1.165) is 0 Å². The van der Waals surface area contributed by atoms with Gasteiger partial charge in [0.15, 0.2) is 0 Å². The van der Waals surface area contributed by atoms with E-state index in [9.17, 15) is 0 Å². The molecular formula is C11H18S. The molecule has 0 bridgehead atoms. The van der Waals surface area contributed by atoms with Gasteiger partial charge in [-0.25, -0.2) is 0 Å². The quantitative estimate of drug-likeness (QED) is 0.617. The highest BCUT2D eigenvalue weighted by Gasteiger charge is 2.13. The highest BCUT2D eigenvalue weighted by molar-refractivity contribution is 7.12. The molecule has 0 aliphatic heterocycles. The van der Waals surface area contributed by atoms with Crippen LogP contribution < -0.4 is 0 Å². The van der Waals surface area contributed by atoms with E-state index >= 15 is 0 Å². The van der Waals surface area contributed by atoms with Crippen LogP contribution in [0.5, 0.6) is 0 Å². The normalized spacial score (nSPS) is 12.1. The molecule has 0 fully saturated rings. The molecule has 0 atom stereocenters. The monoisotopic (exact) mass is 182 g/mol. The average molecular weight is 182 g/mol. The van der Waals surface area contributed by atoms with Gasteiger partial charge in [-0.15, -0.1) is 11.3 Å². The van der Waals surface area contributed by atoms with Crippen LogP contribution in [-0.4, -0.2) is 0 Å². The minimum absolute atomic E-state index is 0.420. The van der Waals surface area contributed by atoms with E-state index < -0.39 is 0 Å². The second-order valence-corrected chi connectivity index (χ2v) is 6.03. The van der Waals surface area contributed by atoms with Gasteiger partial charge in [0.2, 0.25) is 0 Å². The van der Waals surface area contributed by atoms with E-state index in [1.54, 1.807) is 0 Å². The van der Waals surface area contributed by atoms with E-state index in [4.69, 9.17) is 0 Å². The van der Waals surface area contributed by atoms with Crippen molar-refractivity contribution in [2.45, 2.75) is 41.0 Å². The Kier molecular flexibility index (Phi) is 2.62. The summed E-state index contributed by atoms with van der Waals surface area (Å²) in [6.07, 6.45) is 1.20. The van der Waals surface area contributed by atoms with Gasteiger partial charge in [-0.3, -0.25) is 0 Å². The van der Waals surface area contributed by atoms with Crippen LogP contribution in [0, 0.1) is 19.3 Å². The van der Waals surface area contributed by atoms with Gasteiger partial charge in [-0.05, 0) is 37.3 Å². The van der Waals surface area contributed by atoms with Crippen LogP contribution in [-0.2, 0) is 6.42 Å². The van der Waals surface area contributed by atoms with Crippen molar-refractivity contribution in [1.82, 2.24) is 0 Å². The average Bonchev–Trinajstić information content (AvgIpc) is 2.07. The fourth-order valence-electron chi connectivity index (χ4n) is 1.26. The minimum Gasteiger partial charge on any atom is -0.145 e. The standard InChI is InChI=1S/C11H18S/c1-8-6-10(12-9(8)2)7-11(3,4)5/h6H,7H2,1-5H3. The van der Waals surface area contributed by atoms with E-state index in [1.165, 1.54) is 21.7 Å². The van der Waals surface area contributed by atoms with Gasteiger partial charge in [0.25, 0.3) is 0 Å². The van der Waals surface area contributed by atoms with Crippen LogP contribution in [0.1, 0.15) is 36.1 Å². The Morgan fingerprint density at radius 3 is 2.17 bits per heavy atom. The molecule has 1 aromatic rings. The Morgan fingerprint density at radius 1 is 1.25 bits per heavy atom. The van der Waals surface area contributed by atoms with Crippen molar-refractivity contribution in [3.63, 3.8) is 0 Å². The molecule has 0 saturated carbocycles. The molecule has 1 heteroatoms. The Hall–Kier alpha value is -0.300. The molecule has 0 radical (unpaired) electrons. The van der Waals surface area contributed by atoms with E-state index in [1.807, 2.05) is 11.3 Å². The molecule has 1 rings (SSSR count). The molecule has 0 spiro atoms. The molecule has 68 valence electrons. The zero-order valence-corrected chi connectivity index (χ0v) is 9.51. The third-order valence-corrected chi connectivity index (χ3v) is 3.07. The fraction of sp³-hybridized carbons (Fsp3) is 0.636. The molecule has 0 N–H and O–H groups in total. The lowest BCUT2D eigenvalue weighted by atomic mass is 9.91. The van der Waals surface area contributed by atoms with Crippen molar-refractivity contribution in [2.75, 3.05) is 0 Å². The molecule has 1 aromatic heterocycles. The summed E-state index contributed by atoms with van der Waals surface area (Å²) in [4.78, 5) is 2.99. The summed E-state index contributed by atoms with van der Waals surface area (Å²) < 4.78 is 0. The largest absolute Gasteiger partial charge is 0.145 e. The minimum atomic E-state index is 0.420. The number of aryl methyl sites for hydroxylation is 2. The Morgan fingerprint density at radius 2 is 1.83 bits per heavy atom. The molecule has 0 unspecified atom stereocenters. The molecule has 0 aromatic carbocycles. The maximum Gasteiger partial charge on any atom is 0.00560 e. The Balaban J connectivity index is 2.77.